The van der Waals surface area contributed by atoms with Gasteiger partial charge in [0.25, 0.3) is 5.91 Å². The molecule has 0 aliphatic heterocycles. The number of carbonyl (C=O) groups excluding carboxylic acids is 2. The summed E-state index contributed by atoms with van der Waals surface area (Å²) in [6.07, 6.45) is 4.32. The molecule has 1 aromatic carbocycles. The summed E-state index contributed by atoms with van der Waals surface area (Å²) in [4.78, 5) is 23.6. The highest BCUT2D eigenvalue weighted by Gasteiger charge is 2.18. The maximum atomic E-state index is 11.9. The van der Waals surface area contributed by atoms with Gasteiger partial charge in [-0.2, -0.15) is 0 Å². The van der Waals surface area contributed by atoms with E-state index >= 15 is 0 Å². The highest BCUT2D eigenvalue weighted by Crippen LogP contribution is 2.17. The summed E-state index contributed by atoms with van der Waals surface area (Å²) in [5.41, 5.74) is 1.32. The molecule has 1 aromatic rings. The smallest absolute Gasteiger partial charge is 0.338 e. The first-order chi connectivity index (χ1) is 10.2. The minimum Gasteiger partial charge on any atom is -0.452 e. The van der Waals surface area contributed by atoms with Gasteiger partial charge in [-0.25, -0.2) is 4.79 Å². The van der Waals surface area contributed by atoms with Crippen LogP contribution in [0.3, 0.4) is 0 Å². The lowest BCUT2D eigenvalue weighted by Gasteiger charge is -2.12. The summed E-state index contributed by atoms with van der Waals surface area (Å²) in [5.74, 6) is -0.724. The van der Waals surface area contributed by atoms with E-state index in [0.29, 0.717) is 12.2 Å². The highest BCUT2D eigenvalue weighted by atomic mass is 16.5. The van der Waals surface area contributed by atoms with E-state index in [9.17, 15) is 9.59 Å². The first-order valence-electron chi connectivity index (χ1n) is 7.23. The number of carbonyl (C=O) groups is 2. The van der Waals surface area contributed by atoms with Crippen molar-refractivity contribution in [2.45, 2.75) is 38.3 Å². The third-order valence-corrected chi connectivity index (χ3v) is 3.53. The van der Waals surface area contributed by atoms with Crippen molar-refractivity contribution in [3.8, 4) is 0 Å². The Morgan fingerprint density at radius 2 is 2.05 bits per heavy atom. The van der Waals surface area contributed by atoms with Crippen molar-refractivity contribution < 1.29 is 19.1 Å². The molecule has 1 amide bonds. The summed E-state index contributed by atoms with van der Waals surface area (Å²) in [7, 11) is 1.60. The van der Waals surface area contributed by atoms with Gasteiger partial charge >= 0.3 is 5.97 Å². The van der Waals surface area contributed by atoms with E-state index in [1.165, 1.54) is 0 Å². The first-order valence-corrected chi connectivity index (χ1v) is 7.23. The standard InChI is InChI=1S/C16H21NO4/c1-20-10-12-5-4-6-13(9-12)16(19)21-11-15(18)17-14-7-2-3-8-14/h4-6,9,14H,2-3,7-8,10-11H2,1H3,(H,17,18). The average Bonchev–Trinajstić information content (AvgIpc) is 2.98. The van der Waals surface area contributed by atoms with Crippen LogP contribution in [0.1, 0.15) is 41.6 Å². The Morgan fingerprint density at radius 1 is 1.29 bits per heavy atom. The molecule has 0 radical (unpaired) electrons. The maximum absolute atomic E-state index is 11.9. The third-order valence-electron chi connectivity index (χ3n) is 3.53. The molecule has 1 aliphatic rings. The molecule has 1 N–H and O–H groups in total. The molecular formula is C16H21NO4. The zero-order valence-electron chi connectivity index (χ0n) is 12.3. The van der Waals surface area contributed by atoms with Crippen molar-refractivity contribution in [3.05, 3.63) is 35.4 Å². The zero-order valence-corrected chi connectivity index (χ0v) is 12.3. The molecule has 0 atom stereocenters. The van der Waals surface area contributed by atoms with Gasteiger partial charge in [-0.1, -0.05) is 25.0 Å². The van der Waals surface area contributed by atoms with Crippen LogP contribution in [0.25, 0.3) is 0 Å². The second-order valence-corrected chi connectivity index (χ2v) is 5.26. The van der Waals surface area contributed by atoms with Crippen LogP contribution in [0, 0.1) is 0 Å². The van der Waals surface area contributed by atoms with Crippen molar-refractivity contribution >= 4 is 11.9 Å². The molecule has 21 heavy (non-hydrogen) atoms. The van der Waals surface area contributed by atoms with Gasteiger partial charge < -0.3 is 14.8 Å². The van der Waals surface area contributed by atoms with Crippen molar-refractivity contribution in [3.63, 3.8) is 0 Å². The minimum atomic E-state index is -0.491. The molecule has 0 unspecified atom stereocenters. The van der Waals surface area contributed by atoms with Gasteiger partial charge in [0.2, 0.25) is 0 Å². The largest absolute Gasteiger partial charge is 0.452 e. The number of rotatable bonds is 6. The second-order valence-electron chi connectivity index (χ2n) is 5.26. The monoisotopic (exact) mass is 291 g/mol. The van der Waals surface area contributed by atoms with Gasteiger partial charge in [-0.15, -0.1) is 0 Å². The van der Waals surface area contributed by atoms with Crippen LogP contribution in [0.5, 0.6) is 0 Å². The molecule has 2 rings (SSSR count). The predicted molar refractivity (Wildman–Crippen MR) is 77.8 cm³/mol. The van der Waals surface area contributed by atoms with Crippen LogP contribution in [-0.2, 0) is 20.9 Å². The fourth-order valence-electron chi connectivity index (χ4n) is 2.51. The quantitative estimate of drug-likeness (QED) is 0.815. The SMILES string of the molecule is COCc1cccc(C(=O)OCC(=O)NC2CCCC2)c1. The van der Waals surface area contributed by atoms with E-state index in [1.54, 1.807) is 25.3 Å². The van der Waals surface area contributed by atoms with Crippen LogP contribution in [0.2, 0.25) is 0 Å². The molecule has 0 saturated heterocycles. The number of benzene rings is 1. The summed E-state index contributed by atoms with van der Waals surface area (Å²) in [6, 6.07) is 7.24. The molecule has 1 fully saturated rings. The fourth-order valence-corrected chi connectivity index (χ4v) is 2.51. The molecule has 1 aliphatic carbocycles. The Bertz CT molecular complexity index is 495. The number of hydrogen-bond acceptors (Lipinski definition) is 4. The third kappa shape index (κ3) is 4.86. The fraction of sp³-hybridized carbons (Fsp3) is 0.500. The van der Waals surface area contributed by atoms with E-state index in [-0.39, 0.29) is 18.6 Å². The summed E-state index contributed by atoms with van der Waals surface area (Å²) >= 11 is 0. The molecule has 0 aromatic heterocycles. The molecule has 1 saturated carbocycles. The number of amides is 1. The lowest BCUT2D eigenvalue weighted by Crippen LogP contribution is -2.35. The average molecular weight is 291 g/mol. The molecule has 0 bridgehead atoms. The topological polar surface area (TPSA) is 64.6 Å². The van der Waals surface area contributed by atoms with E-state index in [1.807, 2.05) is 6.07 Å². The summed E-state index contributed by atoms with van der Waals surface area (Å²) < 4.78 is 10.1. The number of hydrogen-bond donors (Lipinski definition) is 1. The highest BCUT2D eigenvalue weighted by molar-refractivity contribution is 5.91. The first kappa shape index (κ1) is 15.5. The molecular weight excluding hydrogens is 270 g/mol. The van der Waals surface area contributed by atoms with Gasteiger partial charge in [-0.3, -0.25) is 4.79 Å². The minimum absolute atomic E-state index is 0.232. The normalized spacial score (nSPS) is 14.9. The lowest BCUT2D eigenvalue weighted by atomic mass is 10.1. The number of methoxy groups -OCH3 is 1. The van der Waals surface area contributed by atoms with Gasteiger partial charge in [-0.05, 0) is 30.5 Å². The lowest BCUT2D eigenvalue weighted by molar-refractivity contribution is -0.124. The van der Waals surface area contributed by atoms with Crippen LogP contribution < -0.4 is 5.32 Å². The van der Waals surface area contributed by atoms with E-state index < -0.39 is 5.97 Å². The van der Waals surface area contributed by atoms with Crippen molar-refractivity contribution in [1.29, 1.82) is 0 Å². The number of ether oxygens (including phenoxy) is 2. The summed E-state index contributed by atoms with van der Waals surface area (Å²) in [5, 5.41) is 2.88. The molecule has 5 heteroatoms. The Labute approximate surface area is 124 Å². The zero-order chi connectivity index (χ0) is 15.1. The van der Waals surface area contributed by atoms with Crippen molar-refractivity contribution in [1.82, 2.24) is 5.32 Å². The Hall–Kier alpha value is -1.88. The van der Waals surface area contributed by atoms with Gasteiger partial charge in [0, 0.05) is 13.2 Å². The van der Waals surface area contributed by atoms with Gasteiger partial charge in [0.05, 0.1) is 12.2 Å². The van der Waals surface area contributed by atoms with Crippen LogP contribution in [-0.4, -0.2) is 31.6 Å². The Balaban J connectivity index is 1.80. The van der Waals surface area contributed by atoms with Gasteiger partial charge in [0.15, 0.2) is 6.61 Å². The molecule has 5 nitrogen and oxygen atoms in total. The van der Waals surface area contributed by atoms with Crippen molar-refractivity contribution in [2.24, 2.45) is 0 Å². The van der Waals surface area contributed by atoms with E-state index in [4.69, 9.17) is 9.47 Å². The Morgan fingerprint density at radius 3 is 2.76 bits per heavy atom. The van der Waals surface area contributed by atoms with Crippen LogP contribution in [0.15, 0.2) is 24.3 Å². The van der Waals surface area contributed by atoms with E-state index in [2.05, 4.69) is 5.32 Å². The van der Waals surface area contributed by atoms with Gasteiger partial charge in [0.1, 0.15) is 0 Å². The molecule has 114 valence electrons. The molecule has 0 spiro atoms. The second kappa shape index (κ2) is 7.78. The predicted octanol–water partition coefficient (Wildman–Crippen LogP) is 2.05. The van der Waals surface area contributed by atoms with Crippen molar-refractivity contribution in [2.75, 3.05) is 13.7 Å². The molecule has 0 heterocycles. The number of nitrogens with one attached hydrogen (secondary N) is 1. The summed E-state index contributed by atoms with van der Waals surface area (Å²) in [6.45, 7) is 0.202. The number of esters is 1. The van der Waals surface area contributed by atoms with Crippen LogP contribution in [0.4, 0.5) is 0 Å². The van der Waals surface area contributed by atoms with Crippen LogP contribution >= 0.6 is 0 Å². The van der Waals surface area contributed by atoms with E-state index in [0.717, 1.165) is 31.2 Å². The Kier molecular flexibility index (Phi) is 5.75. The maximum Gasteiger partial charge on any atom is 0.338 e.